The average Bonchev–Trinajstić information content (AvgIpc) is 2.46. The molecule has 0 aliphatic carbocycles. The Balaban J connectivity index is 2.69. The van der Waals surface area contributed by atoms with Crippen molar-refractivity contribution in [2.75, 3.05) is 19.3 Å². The maximum Gasteiger partial charge on any atom is 0.315 e. The van der Waals surface area contributed by atoms with Crippen molar-refractivity contribution in [2.24, 2.45) is 0 Å². The molecule has 3 N–H and O–H groups in total. The Kier molecular flexibility index (Phi) is 6.35. The topological polar surface area (TPSA) is 87.3 Å². The van der Waals surface area contributed by atoms with E-state index in [2.05, 4.69) is 21.9 Å². The average molecular weight is 339 g/mol. The summed E-state index contributed by atoms with van der Waals surface area (Å²) < 4.78 is 24.8. The molecule has 23 heavy (non-hydrogen) atoms. The maximum absolute atomic E-state index is 12.0. The van der Waals surface area contributed by atoms with Crippen LogP contribution in [0.1, 0.15) is 31.9 Å². The fourth-order valence-electron chi connectivity index (χ4n) is 1.97. The molecule has 0 radical (unpaired) electrons. The summed E-state index contributed by atoms with van der Waals surface area (Å²) in [5.74, 6) is -0.164. The first-order valence-corrected chi connectivity index (χ1v) is 8.96. The lowest BCUT2D eigenvalue weighted by molar-refractivity contribution is 0.230. The van der Waals surface area contributed by atoms with Gasteiger partial charge < -0.3 is 10.6 Å². The highest BCUT2D eigenvalue weighted by molar-refractivity contribution is 7.89. The molecule has 0 fully saturated rings. The Morgan fingerprint density at radius 3 is 2.52 bits per heavy atom. The van der Waals surface area contributed by atoms with E-state index < -0.39 is 21.6 Å². The molecule has 0 bridgehead atoms. The lowest BCUT2D eigenvalue weighted by atomic mass is 9.92. The van der Waals surface area contributed by atoms with Gasteiger partial charge in [-0.2, -0.15) is 0 Å². The predicted octanol–water partition coefficient (Wildman–Crippen LogP) is 1.80. The molecule has 0 atom stereocenters. The van der Waals surface area contributed by atoms with Crippen molar-refractivity contribution >= 4 is 21.6 Å². The molecule has 7 heteroatoms. The van der Waals surface area contributed by atoms with Gasteiger partial charge in [-0.15, -0.1) is 0 Å². The Labute approximate surface area is 138 Å². The van der Waals surface area contributed by atoms with Crippen molar-refractivity contribution < 1.29 is 13.2 Å². The highest BCUT2D eigenvalue weighted by Gasteiger charge is 2.23. The third kappa shape index (κ3) is 6.03. The van der Waals surface area contributed by atoms with E-state index in [4.69, 9.17) is 0 Å². The summed E-state index contributed by atoms with van der Waals surface area (Å²) in [7, 11) is -1.99. The minimum Gasteiger partial charge on any atom is -0.337 e. The Hall–Kier alpha value is -1.86. The van der Waals surface area contributed by atoms with Crippen LogP contribution in [0.5, 0.6) is 0 Å². The summed E-state index contributed by atoms with van der Waals surface area (Å²) in [5, 5.41) is 5.40. The van der Waals surface area contributed by atoms with Crippen LogP contribution in [0, 0.1) is 0 Å². The first kappa shape index (κ1) is 19.2. The second kappa shape index (κ2) is 7.61. The molecule has 0 saturated heterocycles. The van der Waals surface area contributed by atoms with E-state index in [1.165, 1.54) is 7.05 Å². The van der Waals surface area contributed by atoms with Crippen molar-refractivity contribution in [3.63, 3.8) is 0 Å². The monoisotopic (exact) mass is 339 g/mol. The lowest BCUT2D eigenvalue weighted by Gasteiger charge is -2.27. The highest BCUT2D eigenvalue weighted by atomic mass is 32.2. The minimum absolute atomic E-state index is 0.0386. The van der Waals surface area contributed by atoms with Gasteiger partial charge in [0, 0.05) is 6.54 Å². The molecular formula is C16H25N3O3S. The fourth-order valence-corrected chi connectivity index (χ4v) is 2.55. The number of carbonyl (C=O) groups excluding carboxylic acids is 1. The number of allylic oxidation sites excluding steroid dienone is 1. The van der Waals surface area contributed by atoms with Crippen LogP contribution in [0.15, 0.2) is 30.8 Å². The lowest BCUT2D eigenvalue weighted by Crippen LogP contribution is -2.47. The van der Waals surface area contributed by atoms with E-state index in [1.54, 1.807) is 0 Å². The second-order valence-corrected chi connectivity index (χ2v) is 7.94. The van der Waals surface area contributed by atoms with E-state index in [0.29, 0.717) is 0 Å². The third-order valence-electron chi connectivity index (χ3n) is 3.47. The van der Waals surface area contributed by atoms with Crippen LogP contribution in [-0.2, 0) is 15.6 Å². The van der Waals surface area contributed by atoms with Crippen molar-refractivity contribution in [3.05, 3.63) is 42.0 Å². The zero-order valence-electron chi connectivity index (χ0n) is 14.1. The molecule has 0 spiro atoms. The summed E-state index contributed by atoms with van der Waals surface area (Å²) >= 11 is 0. The molecule has 2 amide bonds. The van der Waals surface area contributed by atoms with Gasteiger partial charge in [0.15, 0.2) is 0 Å². The van der Waals surface area contributed by atoms with Gasteiger partial charge in [-0.05, 0) is 45.0 Å². The van der Waals surface area contributed by atoms with Crippen molar-refractivity contribution in [1.29, 1.82) is 0 Å². The van der Waals surface area contributed by atoms with E-state index in [0.717, 1.165) is 16.7 Å². The molecule has 0 aromatic heterocycles. The Morgan fingerprint density at radius 2 is 1.96 bits per heavy atom. The van der Waals surface area contributed by atoms with E-state index in [-0.39, 0.29) is 12.3 Å². The number of amides is 2. The number of rotatable bonds is 7. The molecule has 6 nitrogen and oxygen atoms in total. The number of nitrogens with one attached hydrogen (secondary N) is 3. The van der Waals surface area contributed by atoms with Gasteiger partial charge in [0.2, 0.25) is 10.0 Å². The van der Waals surface area contributed by atoms with Gasteiger partial charge in [-0.1, -0.05) is 30.4 Å². The van der Waals surface area contributed by atoms with Crippen LogP contribution in [0.3, 0.4) is 0 Å². The molecule has 1 aromatic rings. The van der Waals surface area contributed by atoms with E-state index in [1.807, 2.05) is 45.0 Å². The van der Waals surface area contributed by atoms with E-state index >= 15 is 0 Å². The summed E-state index contributed by atoms with van der Waals surface area (Å²) in [5.41, 5.74) is 2.30. The van der Waals surface area contributed by atoms with E-state index in [9.17, 15) is 13.2 Å². The molecule has 0 saturated carbocycles. The second-order valence-electron chi connectivity index (χ2n) is 5.89. The van der Waals surface area contributed by atoms with Gasteiger partial charge in [0.1, 0.15) is 0 Å². The fraction of sp³-hybridized carbons (Fsp3) is 0.438. The van der Waals surface area contributed by atoms with Crippen LogP contribution in [0.25, 0.3) is 5.57 Å². The van der Waals surface area contributed by atoms with Crippen LogP contribution in [0.4, 0.5) is 4.79 Å². The zero-order chi connectivity index (χ0) is 17.7. The minimum atomic E-state index is -3.33. The summed E-state index contributed by atoms with van der Waals surface area (Å²) in [4.78, 5) is 12.0. The standard InChI is InChI=1S/C16H25N3O3S/c1-12(2)13-7-6-8-14(11-13)16(3,4)19-15(20)18-9-10-23(21,22)17-5/h6-8,11,17H,1,9-10H2,2-5H3,(H2,18,19,20). The van der Waals surface area contributed by atoms with Gasteiger partial charge in [-0.25, -0.2) is 17.9 Å². The first-order chi connectivity index (χ1) is 10.6. The van der Waals surface area contributed by atoms with Crippen LogP contribution in [-0.4, -0.2) is 33.8 Å². The maximum atomic E-state index is 12.0. The molecule has 0 unspecified atom stereocenters. The molecule has 0 aliphatic rings. The predicted molar refractivity (Wildman–Crippen MR) is 93.6 cm³/mol. The van der Waals surface area contributed by atoms with Crippen LogP contribution >= 0.6 is 0 Å². The van der Waals surface area contributed by atoms with Gasteiger partial charge >= 0.3 is 6.03 Å². The summed E-state index contributed by atoms with van der Waals surface area (Å²) in [6.45, 7) is 9.65. The highest BCUT2D eigenvalue weighted by Crippen LogP contribution is 2.23. The first-order valence-electron chi connectivity index (χ1n) is 7.31. The molecule has 1 aromatic carbocycles. The number of sulfonamides is 1. The quantitative estimate of drug-likeness (QED) is 0.708. The number of carbonyl (C=O) groups is 1. The number of hydrogen-bond acceptors (Lipinski definition) is 3. The Bertz CT molecular complexity index is 682. The molecule has 128 valence electrons. The SMILES string of the molecule is C=C(C)c1cccc(C(C)(C)NC(=O)NCCS(=O)(=O)NC)c1. The number of benzene rings is 1. The largest absolute Gasteiger partial charge is 0.337 e. The van der Waals surface area contributed by atoms with Gasteiger partial charge in [0.25, 0.3) is 0 Å². The van der Waals surface area contributed by atoms with Crippen LogP contribution < -0.4 is 15.4 Å². The number of urea groups is 1. The molecular weight excluding hydrogens is 314 g/mol. The summed E-state index contributed by atoms with van der Waals surface area (Å²) in [6, 6.07) is 7.37. The smallest absolute Gasteiger partial charge is 0.315 e. The molecule has 0 heterocycles. The van der Waals surface area contributed by atoms with Crippen molar-refractivity contribution in [1.82, 2.24) is 15.4 Å². The van der Waals surface area contributed by atoms with Gasteiger partial charge in [-0.3, -0.25) is 0 Å². The third-order valence-corrected chi connectivity index (χ3v) is 4.83. The zero-order valence-corrected chi connectivity index (χ0v) is 14.9. The van der Waals surface area contributed by atoms with Crippen molar-refractivity contribution in [2.45, 2.75) is 26.3 Å². The molecule has 1 rings (SSSR count). The van der Waals surface area contributed by atoms with Crippen molar-refractivity contribution in [3.8, 4) is 0 Å². The van der Waals surface area contributed by atoms with Gasteiger partial charge in [0.05, 0.1) is 11.3 Å². The number of hydrogen-bond donors (Lipinski definition) is 3. The summed E-state index contributed by atoms with van der Waals surface area (Å²) in [6.07, 6.45) is 0. The normalized spacial score (nSPS) is 11.8. The molecule has 0 aliphatic heterocycles. The van der Waals surface area contributed by atoms with Crippen LogP contribution in [0.2, 0.25) is 0 Å². The Morgan fingerprint density at radius 1 is 1.30 bits per heavy atom.